The molecule has 0 aliphatic carbocycles. The lowest BCUT2D eigenvalue weighted by molar-refractivity contribution is -0.133. The van der Waals surface area contributed by atoms with Gasteiger partial charge in [0, 0.05) is 20.1 Å². The summed E-state index contributed by atoms with van der Waals surface area (Å²) < 4.78 is 5.28. The van der Waals surface area contributed by atoms with Gasteiger partial charge < -0.3 is 15.0 Å². The van der Waals surface area contributed by atoms with Gasteiger partial charge in [0.25, 0.3) is 0 Å². The fraction of sp³-hybridized carbons (Fsp3) is 0.889. The molecule has 1 amide bonds. The van der Waals surface area contributed by atoms with E-state index in [0.717, 1.165) is 6.54 Å². The summed E-state index contributed by atoms with van der Waals surface area (Å²) in [6.07, 6.45) is 0. The van der Waals surface area contributed by atoms with Crippen molar-refractivity contribution in [1.29, 1.82) is 0 Å². The Balaban J connectivity index is 2.52. The first kappa shape index (κ1) is 10.5. The molecule has 0 bridgehead atoms. The van der Waals surface area contributed by atoms with Crippen molar-refractivity contribution < 1.29 is 9.53 Å². The highest BCUT2D eigenvalue weighted by Gasteiger charge is 2.34. The number of nitrogens with one attached hydrogen (secondary N) is 1. The Morgan fingerprint density at radius 2 is 2.23 bits per heavy atom. The zero-order chi connectivity index (χ0) is 9.84. The van der Waals surface area contributed by atoms with Crippen LogP contribution >= 0.6 is 0 Å². The van der Waals surface area contributed by atoms with Gasteiger partial charge in [-0.25, -0.2) is 0 Å². The van der Waals surface area contributed by atoms with Crippen LogP contribution < -0.4 is 5.32 Å². The van der Waals surface area contributed by atoms with Crippen molar-refractivity contribution in [2.75, 3.05) is 33.9 Å². The number of rotatable bonds is 3. The fourth-order valence-corrected chi connectivity index (χ4v) is 1.59. The standard InChI is InChI=1S/C9H18N2O2/c1-4-10-8-6-13-5-7(8)9(12)11(2)3/h7-8,10H,4-6H2,1-3H3. The van der Waals surface area contributed by atoms with Crippen LogP contribution in [0.1, 0.15) is 6.92 Å². The molecule has 0 radical (unpaired) electrons. The van der Waals surface area contributed by atoms with E-state index in [2.05, 4.69) is 5.32 Å². The van der Waals surface area contributed by atoms with E-state index in [0.29, 0.717) is 13.2 Å². The highest BCUT2D eigenvalue weighted by atomic mass is 16.5. The van der Waals surface area contributed by atoms with Crippen molar-refractivity contribution >= 4 is 5.91 Å². The molecule has 1 N–H and O–H groups in total. The lowest BCUT2D eigenvalue weighted by Gasteiger charge is -2.20. The van der Waals surface area contributed by atoms with Crippen LogP contribution in [0.3, 0.4) is 0 Å². The summed E-state index contributed by atoms with van der Waals surface area (Å²) in [6.45, 7) is 4.12. The van der Waals surface area contributed by atoms with Crippen molar-refractivity contribution in [3.8, 4) is 0 Å². The molecule has 2 unspecified atom stereocenters. The quantitative estimate of drug-likeness (QED) is 0.658. The molecule has 13 heavy (non-hydrogen) atoms. The van der Waals surface area contributed by atoms with E-state index in [1.54, 1.807) is 19.0 Å². The van der Waals surface area contributed by atoms with E-state index >= 15 is 0 Å². The first-order chi connectivity index (χ1) is 6.16. The van der Waals surface area contributed by atoms with Gasteiger partial charge in [-0.2, -0.15) is 0 Å². The summed E-state index contributed by atoms with van der Waals surface area (Å²) in [6, 6.07) is 0.194. The number of ether oxygens (including phenoxy) is 1. The van der Waals surface area contributed by atoms with Gasteiger partial charge >= 0.3 is 0 Å². The molecule has 4 nitrogen and oxygen atoms in total. The van der Waals surface area contributed by atoms with Crippen molar-refractivity contribution in [2.45, 2.75) is 13.0 Å². The lowest BCUT2D eigenvalue weighted by Crippen LogP contribution is -2.43. The maximum Gasteiger partial charge on any atom is 0.229 e. The number of hydrogen-bond donors (Lipinski definition) is 1. The van der Waals surface area contributed by atoms with Crippen LogP contribution in [-0.4, -0.2) is 50.7 Å². The second kappa shape index (κ2) is 4.58. The van der Waals surface area contributed by atoms with Crippen molar-refractivity contribution in [2.24, 2.45) is 5.92 Å². The van der Waals surface area contributed by atoms with Crippen LogP contribution in [0.25, 0.3) is 0 Å². The summed E-state index contributed by atoms with van der Waals surface area (Å²) in [5, 5.41) is 3.26. The normalized spacial score (nSPS) is 27.6. The van der Waals surface area contributed by atoms with Gasteiger partial charge in [0.15, 0.2) is 0 Å². The number of hydrogen-bond acceptors (Lipinski definition) is 3. The lowest BCUT2D eigenvalue weighted by atomic mass is 10.0. The van der Waals surface area contributed by atoms with Gasteiger partial charge in [0.1, 0.15) is 0 Å². The third-order valence-electron chi connectivity index (χ3n) is 2.30. The van der Waals surface area contributed by atoms with Crippen LogP contribution in [0.4, 0.5) is 0 Å². The Morgan fingerprint density at radius 1 is 1.54 bits per heavy atom. The van der Waals surface area contributed by atoms with Crippen LogP contribution in [-0.2, 0) is 9.53 Å². The van der Waals surface area contributed by atoms with Crippen molar-refractivity contribution in [3.05, 3.63) is 0 Å². The zero-order valence-electron chi connectivity index (χ0n) is 8.54. The summed E-state index contributed by atoms with van der Waals surface area (Å²) in [5.74, 6) is 0.151. The van der Waals surface area contributed by atoms with Crippen LogP contribution in [0, 0.1) is 5.92 Å². The number of carbonyl (C=O) groups is 1. The van der Waals surface area contributed by atoms with Gasteiger partial charge in [-0.15, -0.1) is 0 Å². The molecular formula is C9H18N2O2. The van der Waals surface area contributed by atoms with Gasteiger partial charge in [-0.1, -0.05) is 6.92 Å². The molecule has 0 spiro atoms. The first-order valence-electron chi connectivity index (χ1n) is 4.69. The number of amides is 1. The van der Waals surface area contributed by atoms with Gasteiger partial charge in [-0.05, 0) is 6.54 Å². The third kappa shape index (κ3) is 2.42. The molecular weight excluding hydrogens is 168 g/mol. The van der Waals surface area contributed by atoms with Gasteiger partial charge in [-0.3, -0.25) is 4.79 Å². The highest BCUT2D eigenvalue weighted by Crippen LogP contribution is 2.15. The van der Waals surface area contributed by atoms with Crippen LogP contribution in [0.2, 0.25) is 0 Å². The molecule has 0 saturated carbocycles. The minimum absolute atomic E-state index is 0.00468. The Bertz CT molecular complexity index is 182. The van der Waals surface area contributed by atoms with E-state index < -0.39 is 0 Å². The van der Waals surface area contributed by atoms with Gasteiger partial charge in [0.2, 0.25) is 5.91 Å². The second-order valence-electron chi connectivity index (χ2n) is 3.54. The average Bonchev–Trinajstić information content (AvgIpc) is 2.52. The molecule has 1 rings (SSSR count). The molecule has 1 aliphatic heterocycles. The maximum atomic E-state index is 11.6. The van der Waals surface area contributed by atoms with Crippen LogP contribution in [0.5, 0.6) is 0 Å². The second-order valence-corrected chi connectivity index (χ2v) is 3.54. The Labute approximate surface area is 79.2 Å². The molecule has 1 saturated heterocycles. The van der Waals surface area contributed by atoms with E-state index in [1.165, 1.54) is 0 Å². The molecule has 76 valence electrons. The number of nitrogens with zero attached hydrogens (tertiary/aromatic N) is 1. The number of carbonyl (C=O) groups excluding carboxylic acids is 1. The van der Waals surface area contributed by atoms with Crippen molar-refractivity contribution in [1.82, 2.24) is 10.2 Å². The molecule has 0 aromatic carbocycles. The Kier molecular flexibility index (Phi) is 3.69. The Hall–Kier alpha value is -0.610. The molecule has 0 aromatic rings. The zero-order valence-corrected chi connectivity index (χ0v) is 8.54. The monoisotopic (exact) mass is 186 g/mol. The summed E-state index contributed by atoms with van der Waals surface area (Å²) >= 11 is 0. The molecule has 1 fully saturated rings. The minimum Gasteiger partial charge on any atom is -0.379 e. The van der Waals surface area contributed by atoms with Crippen LogP contribution in [0.15, 0.2) is 0 Å². The average molecular weight is 186 g/mol. The fourth-order valence-electron chi connectivity index (χ4n) is 1.59. The highest BCUT2D eigenvalue weighted by molar-refractivity contribution is 5.79. The minimum atomic E-state index is -0.00468. The predicted molar refractivity (Wildman–Crippen MR) is 50.5 cm³/mol. The largest absolute Gasteiger partial charge is 0.379 e. The predicted octanol–water partition coefficient (Wildman–Crippen LogP) is -0.301. The number of likely N-dealkylation sites (N-methyl/N-ethyl adjacent to an activating group) is 1. The summed E-state index contributed by atoms with van der Waals surface area (Å²) in [7, 11) is 3.56. The molecule has 1 heterocycles. The topological polar surface area (TPSA) is 41.6 Å². The summed E-state index contributed by atoms with van der Waals surface area (Å²) in [5.41, 5.74) is 0. The van der Waals surface area contributed by atoms with Crippen molar-refractivity contribution in [3.63, 3.8) is 0 Å². The maximum absolute atomic E-state index is 11.6. The Morgan fingerprint density at radius 3 is 2.77 bits per heavy atom. The molecule has 0 aromatic heterocycles. The van der Waals surface area contributed by atoms with Gasteiger partial charge in [0.05, 0.1) is 19.1 Å². The first-order valence-corrected chi connectivity index (χ1v) is 4.69. The third-order valence-corrected chi connectivity index (χ3v) is 2.30. The molecule has 2 atom stereocenters. The van der Waals surface area contributed by atoms with E-state index in [4.69, 9.17) is 4.74 Å². The van der Waals surface area contributed by atoms with E-state index in [1.807, 2.05) is 6.92 Å². The molecule has 1 aliphatic rings. The smallest absolute Gasteiger partial charge is 0.229 e. The van der Waals surface area contributed by atoms with E-state index in [9.17, 15) is 4.79 Å². The molecule has 4 heteroatoms. The van der Waals surface area contributed by atoms with E-state index in [-0.39, 0.29) is 17.9 Å². The SMILES string of the molecule is CCNC1COCC1C(=O)N(C)C. The summed E-state index contributed by atoms with van der Waals surface area (Å²) in [4.78, 5) is 13.3.